The van der Waals surface area contributed by atoms with E-state index in [2.05, 4.69) is 16.7 Å². The Bertz CT molecular complexity index is 606. The Morgan fingerprint density at radius 3 is 2.80 bits per heavy atom. The minimum Gasteiger partial charge on any atom is -0.486 e. The fourth-order valence-corrected chi connectivity index (χ4v) is 4.31. The summed E-state index contributed by atoms with van der Waals surface area (Å²) in [6.45, 7) is 2.18. The molecule has 2 unspecified atom stereocenters. The molecule has 25 heavy (non-hydrogen) atoms. The van der Waals surface area contributed by atoms with E-state index in [9.17, 15) is 4.79 Å². The fraction of sp³-hybridized carbons (Fsp3) is 0.611. The SMILES string of the molecule is Cl.O=C(CC1CSCCN1)NC(c1ccc2c(c1)OCCO2)C1CC1. The first-order valence-electron chi connectivity index (χ1n) is 8.79. The summed E-state index contributed by atoms with van der Waals surface area (Å²) in [7, 11) is 0. The van der Waals surface area contributed by atoms with Gasteiger partial charge in [-0.25, -0.2) is 0 Å². The first kappa shape index (κ1) is 18.7. The molecule has 3 aliphatic rings. The van der Waals surface area contributed by atoms with Gasteiger partial charge in [0.1, 0.15) is 13.2 Å². The number of ether oxygens (including phenoxy) is 2. The summed E-state index contributed by atoms with van der Waals surface area (Å²) < 4.78 is 11.3. The Labute approximate surface area is 159 Å². The number of benzene rings is 1. The second kappa shape index (κ2) is 8.52. The van der Waals surface area contributed by atoms with Crippen molar-refractivity contribution in [2.45, 2.75) is 31.3 Å². The predicted molar refractivity (Wildman–Crippen MR) is 102 cm³/mol. The van der Waals surface area contributed by atoms with Crippen LogP contribution in [-0.4, -0.2) is 43.2 Å². The van der Waals surface area contributed by atoms with Gasteiger partial charge in [0, 0.05) is 30.5 Å². The largest absolute Gasteiger partial charge is 0.486 e. The van der Waals surface area contributed by atoms with E-state index in [1.54, 1.807) is 0 Å². The van der Waals surface area contributed by atoms with Crippen LogP contribution in [0, 0.1) is 5.92 Å². The first-order valence-corrected chi connectivity index (χ1v) is 9.95. The van der Waals surface area contributed by atoms with Crippen molar-refractivity contribution in [1.29, 1.82) is 0 Å². The molecule has 7 heteroatoms. The molecule has 1 aromatic carbocycles. The van der Waals surface area contributed by atoms with Crippen molar-refractivity contribution < 1.29 is 14.3 Å². The Morgan fingerprint density at radius 1 is 1.28 bits per heavy atom. The monoisotopic (exact) mass is 384 g/mol. The van der Waals surface area contributed by atoms with Crippen molar-refractivity contribution in [2.75, 3.05) is 31.3 Å². The average molecular weight is 385 g/mol. The molecule has 1 saturated carbocycles. The van der Waals surface area contributed by atoms with Gasteiger partial charge in [0.25, 0.3) is 0 Å². The van der Waals surface area contributed by atoms with Gasteiger partial charge in [-0.3, -0.25) is 4.79 Å². The lowest BCUT2D eigenvalue weighted by Crippen LogP contribution is -2.42. The second-order valence-electron chi connectivity index (χ2n) is 6.72. The topological polar surface area (TPSA) is 59.6 Å². The zero-order valence-electron chi connectivity index (χ0n) is 14.2. The quantitative estimate of drug-likeness (QED) is 0.817. The van der Waals surface area contributed by atoms with Gasteiger partial charge in [0.2, 0.25) is 5.91 Å². The summed E-state index contributed by atoms with van der Waals surface area (Å²) >= 11 is 1.92. The van der Waals surface area contributed by atoms with E-state index in [4.69, 9.17) is 9.47 Å². The van der Waals surface area contributed by atoms with Gasteiger partial charge < -0.3 is 20.1 Å². The minimum absolute atomic E-state index is 0. The molecule has 2 heterocycles. The summed E-state index contributed by atoms with van der Waals surface area (Å²) in [6.07, 6.45) is 2.91. The molecule has 138 valence electrons. The van der Waals surface area contributed by atoms with Gasteiger partial charge in [-0.15, -0.1) is 12.4 Å². The van der Waals surface area contributed by atoms with Crippen LogP contribution in [0.3, 0.4) is 0 Å². The van der Waals surface area contributed by atoms with Crippen molar-refractivity contribution in [3.8, 4) is 11.5 Å². The van der Waals surface area contributed by atoms with Crippen LogP contribution in [0.1, 0.15) is 30.9 Å². The molecule has 4 rings (SSSR count). The summed E-state index contributed by atoms with van der Waals surface area (Å²) in [5.74, 6) is 4.44. The third-order valence-electron chi connectivity index (χ3n) is 4.77. The number of carbonyl (C=O) groups is 1. The van der Waals surface area contributed by atoms with Crippen LogP contribution in [-0.2, 0) is 4.79 Å². The van der Waals surface area contributed by atoms with Gasteiger partial charge in [-0.05, 0) is 36.5 Å². The van der Waals surface area contributed by atoms with Crippen LogP contribution in [0.5, 0.6) is 11.5 Å². The van der Waals surface area contributed by atoms with Gasteiger partial charge in [-0.2, -0.15) is 11.8 Å². The maximum Gasteiger partial charge on any atom is 0.222 e. The highest BCUT2D eigenvalue weighted by Gasteiger charge is 2.34. The summed E-state index contributed by atoms with van der Waals surface area (Å²) in [5.41, 5.74) is 1.13. The maximum atomic E-state index is 12.5. The Balaban J connectivity index is 0.00000182. The van der Waals surface area contributed by atoms with Gasteiger partial charge in [0.15, 0.2) is 11.5 Å². The normalized spacial score (nSPS) is 23.3. The molecule has 0 bridgehead atoms. The molecule has 1 saturated heterocycles. The smallest absolute Gasteiger partial charge is 0.222 e. The molecule has 2 aliphatic heterocycles. The lowest BCUT2D eigenvalue weighted by Gasteiger charge is -2.25. The standard InChI is InChI=1S/C18H24N2O3S.ClH/c21-17(10-14-11-24-8-5-19-14)20-18(12-1-2-12)13-3-4-15-16(9-13)23-7-6-22-15;/h3-4,9,12,14,18-19H,1-2,5-8,10-11H2,(H,20,21);1H. The lowest BCUT2D eigenvalue weighted by atomic mass is 10.0. The molecular weight excluding hydrogens is 360 g/mol. The number of amides is 1. The van der Waals surface area contributed by atoms with Crippen molar-refractivity contribution in [3.63, 3.8) is 0 Å². The van der Waals surface area contributed by atoms with E-state index >= 15 is 0 Å². The van der Waals surface area contributed by atoms with Crippen molar-refractivity contribution >= 4 is 30.1 Å². The summed E-state index contributed by atoms with van der Waals surface area (Å²) in [6, 6.07) is 6.44. The average Bonchev–Trinajstić information content (AvgIpc) is 3.45. The number of hydrogen-bond donors (Lipinski definition) is 2. The molecule has 2 fully saturated rings. The highest BCUT2D eigenvalue weighted by atomic mass is 35.5. The van der Waals surface area contributed by atoms with E-state index in [0.29, 0.717) is 31.6 Å². The Hall–Kier alpha value is -1.11. The van der Waals surface area contributed by atoms with Crippen molar-refractivity contribution in [3.05, 3.63) is 23.8 Å². The number of nitrogens with one attached hydrogen (secondary N) is 2. The van der Waals surface area contributed by atoms with Crippen molar-refractivity contribution in [1.82, 2.24) is 10.6 Å². The predicted octanol–water partition coefficient (Wildman–Crippen LogP) is 2.54. The number of hydrogen-bond acceptors (Lipinski definition) is 5. The Morgan fingerprint density at radius 2 is 2.08 bits per heavy atom. The fourth-order valence-electron chi connectivity index (χ4n) is 3.36. The number of fused-ring (bicyclic) bond motifs is 1. The molecular formula is C18H25ClN2O3S. The maximum absolute atomic E-state index is 12.5. The number of rotatable bonds is 5. The zero-order chi connectivity index (χ0) is 16.4. The van der Waals surface area contributed by atoms with Crippen molar-refractivity contribution in [2.24, 2.45) is 5.92 Å². The molecule has 2 atom stereocenters. The molecule has 1 aliphatic carbocycles. The number of thioether (sulfide) groups is 1. The van der Waals surface area contributed by atoms with E-state index in [1.807, 2.05) is 23.9 Å². The van der Waals surface area contributed by atoms with Crippen LogP contribution in [0.25, 0.3) is 0 Å². The van der Waals surface area contributed by atoms with Crippen LogP contribution in [0.15, 0.2) is 18.2 Å². The molecule has 2 N–H and O–H groups in total. The van der Waals surface area contributed by atoms with Crippen LogP contribution in [0.2, 0.25) is 0 Å². The number of carbonyl (C=O) groups excluding carboxylic acids is 1. The first-order chi connectivity index (χ1) is 11.8. The third kappa shape index (κ3) is 4.74. The van der Waals surface area contributed by atoms with E-state index in [1.165, 1.54) is 12.8 Å². The molecule has 1 aromatic rings. The minimum atomic E-state index is 0. The molecule has 5 nitrogen and oxygen atoms in total. The molecule has 0 spiro atoms. The summed E-state index contributed by atoms with van der Waals surface area (Å²) in [4.78, 5) is 12.5. The Kier molecular flexibility index (Phi) is 6.36. The molecule has 0 aromatic heterocycles. The lowest BCUT2D eigenvalue weighted by molar-refractivity contribution is -0.122. The zero-order valence-corrected chi connectivity index (χ0v) is 15.8. The molecule has 1 amide bonds. The third-order valence-corrected chi connectivity index (χ3v) is 5.90. The highest BCUT2D eigenvalue weighted by Crippen LogP contribution is 2.43. The van der Waals surface area contributed by atoms with E-state index in [-0.39, 0.29) is 24.4 Å². The van der Waals surface area contributed by atoms with Crippen LogP contribution >= 0.6 is 24.2 Å². The highest BCUT2D eigenvalue weighted by molar-refractivity contribution is 7.99. The molecule has 0 radical (unpaired) electrons. The number of halogens is 1. The van der Waals surface area contributed by atoms with E-state index in [0.717, 1.165) is 35.1 Å². The van der Waals surface area contributed by atoms with Gasteiger partial charge in [-0.1, -0.05) is 6.07 Å². The van der Waals surface area contributed by atoms with Crippen LogP contribution < -0.4 is 20.1 Å². The van der Waals surface area contributed by atoms with Crippen LogP contribution in [0.4, 0.5) is 0 Å². The van der Waals surface area contributed by atoms with Gasteiger partial charge in [0.05, 0.1) is 6.04 Å². The summed E-state index contributed by atoms with van der Waals surface area (Å²) in [5, 5.41) is 6.70. The second-order valence-corrected chi connectivity index (χ2v) is 7.87. The van der Waals surface area contributed by atoms with E-state index < -0.39 is 0 Å². The van der Waals surface area contributed by atoms with Gasteiger partial charge >= 0.3 is 0 Å².